The Morgan fingerprint density at radius 1 is 1.08 bits per heavy atom. The van der Waals surface area contributed by atoms with Gasteiger partial charge in [0.1, 0.15) is 11.6 Å². The molecule has 0 bridgehead atoms. The molecule has 0 aliphatic rings. The van der Waals surface area contributed by atoms with Crippen LogP contribution in [0.5, 0.6) is 0 Å². The van der Waals surface area contributed by atoms with Gasteiger partial charge in [-0.25, -0.2) is 8.78 Å². The van der Waals surface area contributed by atoms with Crippen molar-refractivity contribution in [3.63, 3.8) is 0 Å². The molecule has 1 N–H and O–H groups in total. The first-order valence-electron chi connectivity index (χ1n) is 7.75. The monoisotopic (exact) mass is 341 g/mol. The Balaban J connectivity index is 1.96. The minimum absolute atomic E-state index is 0.260. The second kappa shape index (κ2) is 6.84. The minimum atomic E-state index is -0.524. The highest BCUT2D eigenvalue weighted by molar-refractivity contribution is 5.96. The fourth-order valence-electron chi connectivity index (χ4n) is 2.65. The number of rotatable bonds is 4. The quantitative estimate of drug-likeness (QED) is 0.789. The van der Waals surface area contributed by atoms with Gasteiger partial charge in [0.2, 0.25) is 0 Å². The molecule has 0 aliphatic carbocycles. The Kier molecular flexibility index (Phi) is 4.61. The Labute approximate surface area is 144 Å². The van der Waals surface area contributed by atoms with Gasteiger partial charge in [0.05, 0.1) is 12.2 Å². The number of amides is 1. The zero-order valence-electron chi connectivity index (χ0n) is 13.8. The third-order valence-electron chi connectivity index (χ3n) is 3.98. The average molecular weight is 341 g/mol. The van der Waals surface area contributed by atoms with E-state index in [0.717, 1.165) is 5.56 Å². The average Bonchev–Trinajstić information content (AvgIpc) is 3.02. The second-order valence-electron chi connectivity index (χ2n) is 5.86. The largest absolute Gasteiger partial charge is 0.341 e. The van der Waals surface area contributed by atoms with Crippen molar-refractivity contribution in [3.8, 4) is 0 Å². The number of nitrogens with one attached hydrogen (secondary N) is 1. The molecule has 1 aromatic heterocycles. The normalized spacial score (nSPS) is 12.0. The molecule has 0 saturated carbocycles. The number of carbonyl (C=O) groups excluding carboxylic acids is 1. The van der Waals surface area contributed by atoms with E-state index in [0.29, 0.717) is 11.1 Å². The van der Waals surface area contributed by atoms with E-state index in [1.165, 1.54) is 24.3 Å². The number of hydrogen-bond donors (Lipinski definition) is 1. The third-order valence-corrected chi connectivity index (χ3v) is 3.98. The molecular weight excluding hydrogens is 324 g/mol. The van der Waals surface area contributed by atoms with Gasteiger partial charge in [-0.15, -0.1) is 0 Å². The summed E-state index contributed by atoms with van der Waals surface area (Å²) in [7, 11) is 1.77. The highest BCUT2D eigenvalue weighted by Crippen LogP contribution is 2.23. The molecule has 0 spiro atoms. The van der Waals surface area contributed by atoms with E-state index in [-0.39, 0.29) is 11.4 Å². The predicted octanol–water partition coefficient (Wildman–Crippen LogP) is 3.53. The molecule has 1 amide bonds. The van der Waals surface area contributed by atoms with Crippen LogP contribution in [-0.2, 0) is 7.05 Å². The summed E-state index contributed by atoms with van der Waals surface area (Å²) in [5.74, 6) is -1.24. The van der Waals surface area contributed by atoms with Crippen LogP contribution in [0.4, 0.5) is 8.78 Å². The van der Waals surface area contributed by atoms with Crippen LogP contribution in [0.3, 0.4) is 0 Å². The Morgan fingerprint density at radius 3 is 2.40 bits per heavy atom. The first kappa shape index (κ1) is 16.8. The SMILES string of the molecule is Cc1ccc(F)cc1C(=O)N[C@@H](c1ccc(F)cc1)c1cnn(C)c1. The van der Waals surface area contributed by atoms with Crippen LogP contribution >= 0.6 is 0 Å². The number of aromatic nitrogens is 2. The van der Waals surface area contributed by atoms with Crippen LogP contribution in [-0.4, -0.2) is 15.7 Å². The Hall–Kier alpha value is -3.02. The number of carbonyl (C=O) groups is 1. The van der Waals surface area contributed by atoms with Crippen molar-refractivity contribution in [1.82, 2.24) is 15.1 Å². The van der Waals surface area contributed by atoms with Gasteiger partial charge in [-0.2, -0.15) is 5.10 Å². The smallest absolute Gasteiger partial charge is 0.252 e. The van der Waals surface area contributed by atoms with Crippen molar-refractivity contribution in [1.29, 1.82) is 0 Å². The van der Waals surface area contributed by atoms with Crippen LogP contribution in [0, 0.1) is 18.6 Å². The lowest BCUT2D eigenvalue weighted by Crippen LogP contribution is -2.29. The molecule has 0 unspecified atom stereocenters. The summed E-state index contributed by atoms with van der Waals surface area (Å²) in [6.45, 7) is 1.74. The Morgan fingerprint density at radius 2 is 1.76 bits per heavy atom. The highest BCUT2D eigenvalue weighted by Gasteiger charge is 2.20. The van der Waals surface area contributed by atoms with Crippen molar-refractivity contribution in [2.45, 2.75) is 13.0 Å². The Bertz CT molecular complexity index is 903. The van der Waals surface area contributed by atoms with Gasteiger partial charge in [-0.3, -0.25) is 9.48 Å². The molecule has 1 heterocycles. The molecule has 25 heavy (non-hydrogen) atoms. The lowest BCUT2D eigenvalue weighted by molar-refractivity contribution is 0.0942. The molecule has 2 aromatic carbocycles. The van der Waals surface area contributed by atoms with E-state index in [1.807, 2.05) is 0 Å². The molecule has 6 heteroatoms. The van der Waals surface area contributed by atoms with Crippen molar-refractivity contribution >= 4 is 5.91 Å². The first-order valence-corrected chi connectivity index (χ1v) is 7.75. The molecule has 0 saturated heterocycles. The van der Waals surface area contributed by atoms with E-state index in [9.17, 15) is 13.6 Å². The van der Waals surface area contributed by atoms with Crippen molar-refractivity contribution in [2.24, 2.45) is 7.05 Å². The summed E-state index contributed by atoms with van der Waals surface area (Å²) < 4.78 is 28.4. The van der Waals surface area contributed by atoms with Gasteiger partial charge in [-0.05, 0) is 42.3 Å². The number of hydrogen-bond acceptors (Lipinski definition) is 2. The molecule has 0 fully saturated rings. The van der Waals surface area contributed by atoms with Crippen molar-refractivity contribution < 1.29 is 13.6 Å². The molecule has 3 aromatic rings. The zero-order chi connectivity index (χ0) is 18.0. The van der Waals surface area contributed by atoms with E-state index < -0.39 is 17.8 Å². The summed E-state index contributed by atoms with van der Waals surface area (Å²) in [6, 6.07) is 9.42. The molecule has 3 rings (SSSR count). The van der Waals surface area contributed by atoms with Gasteiger partial charge in [0.15, 0.2) is 0 Å². The van der Waals surface area contributed by atoms with Gasteiger partial charge in [0, 0.05) is 24.4 Å². The molecule has 128 valence electrons. The lowest BCUT2D eigenvalue weighted by Gasteiger charge is -2.19. The van der Waals surface area contributed by atoms with Crippen LogP contribution in [0.1, 0.15) is 33.1 Å². The minimum Gasteiger partial charge on any atom is -0.341 e. The number of benzene rings is 2. The predicted molar refractivity (Wildman–Crippen MR) is 90.1 cm³/mol. The van der Waals surface area contributed by atoms with Crippen LogP contribution in [0.2, 0.25) is 0 Å². The molecule has 4 nitrogen and oxygen atoms in total. The van der Waals surface area contributed by atoms with Gasteiger partial charge in [0.25, 0.3) is 5.91 Å². The topological polar surface area (TPSA) is 46.9 Å². The van der Waals surface area contributed by atoms with Crippen LogP contribution < -0.4 is 5.32 Å². The fraction of sp³-hybridized carbons (Fsp3) is 0.158. The number of halogens is 2. The molecule has 1 atom stereocenters. The first-order chi connectivity index (χ1) is 11.9. The van der Waals surface area contributed by atoms with Crippen LogP contribution in [0.15, 0.2) is 54.9 Å². The van der Waals surface area contributed by atoms with Crippen LogP contribution in [0.25, 0.3) is 0 Å². The van der Waals surface area contributed by atoms with Gasteiger partial charge in [-0.1, -0.05) is 18.2 Å². The van der Waals surface area contributed by atoms with Gasteiger partial charge < -0.3 is 5.32 Å². The summed E-state index contributed by atoms with van der Waals surface area (Å²) in [5.41, 5.74) is 2.38. The highest BCUT2D eigenvalue weighted by atomic mass is 19.1. The second-order valence-corrected chi connectivity index (χ2v) is 5.86. The summed E-state index contributed by atoms with van der Waals surface area (Å²) in [4.78, 5) is 12.7. The third kappa shape index (κ3) is 3.74. The van der Waals surface area contributed by atoms with Crippen molar-refractivity contribution in [3.05, 3.63) is 88.7 Å². The fourth-order valence-corrected chi connectivity index (χ4v) is 2.65. The number of nitrogens with zero attached hydrogens (tertiary/aromatic N) is 2. The van der Waals surface area contributed by atoms with Crippen molar-refractivity contribution in [2.75, 3.05) is 0 Å². The van der Waals surface area contributed by atoms with E-state index in [1.54, 1.807) is 49.2 Å². The zero-order valence-corrected chi connectivity index (χ0v) is 13.8. The maximum atomic E-state index is 13.5. The molecule has 0 aliphatic heterocycles. The summed E-state index contributed by atoms with van der Waals surface area (Å²) in [5, 5.41) is 7.01. The van der Waals surface area contributed by atoms with E-state index in [4.69, 9.17) is 0 Å². The molecular formula is C19H17F2N3O. The maximum absolute atomic E-state index is 13.5. The lowest BCUT2D eigenvalue weighted by atomic mass is 10.00. The summed E-state index contributed by atoms with van der Waals surface area (Å²) in [6.07, 6.45) is 3.40. The summed E-state index contributed by atoms with van der Waals surface area (Å²) >= 11 is 0. The number of aryl methyl sites for hydroxylation is 2. The van der Waals surface area contributed by atoms with E-state index in [2.05, 4.69) is 10.4 Å². The standard InChI is InChI=1S/C19H17F2N3O/c1-12-3-6-16(21)9-17(12)19(25)23-18(14-10-22-24(2)11-14)13-4-7-15(20)8-5-13/h3-11,18H,1-2H3,(H,23,25)/t18-/m0/s1. The molecule has 0 radical (unpaired) electrons. The van der Waals surface area contributed by atoms with Gasteiger partial charge >= 0.3 is 0 Å². The maximum Gasteiger partial charge on any atom is 0.252 e. The van der Waals surface area contributed by atoms with E-state index >= 15 is 0 Å².